The third-order valence-electron chi connectivity index (χ3n) is 2.93. The first-order valence-electron chi connectivity index (χ1n) is 6.77. The second kappa shape index (κ2) is 6.48. The average molecular weight is 290 g/mol. The van der Waals surface area contributed by atoms with Gasteiger partial charge in [-0.25, -0.2) is 4.98 Å². The maximum absolute atomic E-state index is 5.61. The van der Waals surface area contributed by atoms with Gasteiger partial charge in [-0.2, -0.15) is 0 Å². The molecule has 1 aromatic carbocycles. The first-order valence-corrected chi connectivity index (χ1v) is 7.58. The van der Waals surface area contributed by atoms with E-state index in [2.05, 4.69) is 43.2 Å². The zero-order valence-electron chi connectivity index (χ0n) is 12.5. The van der Waals surface area contributed by atoms with Crippen molar-refractivity contribution in [1.29, 1.82) is 0 Å². The fraction of sp³-hybridized carbons (Fsp3) is 0.438. The summed E-state index contributed by atoms with van der Waals surface area (Å²) in [6, 6.07) is 10.2. The molecule has 0 aliphatic heterocycles. The van der Waals surface area contributed by atoms with Gasteiger partial charge in [-0.05, 0) is 26.3 Å². The van der Waals surface area contributed by atoms with E-state index >= 15 is 0 Å². The van der Waals surface area contributed by atoms with Crippen LogP contribution in [0.15, 0.2) is 36.5 Å². The summed E-state index contributed by atoms with van der Waals surface area (Å²) in [5.74, 6) is 0. The van der Waals surface area contributed by atoms with Crippen LogP contribution in [0.4, 0.5) is 0 Å². The lowest BCUT2D eigenvalue weighted by atomic mass is 10.1. The fourth-order valence-electron chi connectivity index (χ4n) is 1.89. The van der Waals surface area contributed by atoms with Gasteiger partial charge >= 0.3 is 0 Å². The van der Waals surface area contributed by atoms with Crippen molar-refractivity contribution >= 4 is 11.3 Å². The third-order valence-corrected chi connectivity index (χ3v) is 3.97. The van der Waals surface area contributed by atoms with Gasteiger partial charge in [0.1, 0.15) is 11.1 Å². The van der Waals surface area contributed by atoms with Crippen LogP contribution in [-0.2, 0) is 11.3 Å². The molecule has 0 saturated carbocycles. The van der Waals surface area contributed by atoms with Gasteiger partial charge in [0.2, 0.25) is 0 Å². The van der Waals surface area contributed by atoms with E-state index in [0.717, 1.165) is 17.1 Å². The van der Waals surface area contributed by atoms with Crippen LogP contribution >= 0.6 is 11.3 Å². The van der Waals surface area contributed by atoms with Gasteiger partial charge in [-0.1, -0.05) is 30.3 Å². The van der Waals surface area contributed by atoms with Crippen LogP contribution in [0.25, 0.3) is 0 Å². The molecule has 0 aliphatic rings. The molecule has 1 atom stereocenters. The lowest BCUT2D eigenvalue weighted by Crippen LogP contribution is -2.34. The van der Waals surface area contributed by atoms with Crippen molar-refractivity contribution in [2.75, 3.05) is 7.11 Å². The summed E-state index contributed by atoms with van der Waals surface area (Å²) in [4.78, 5) is 5.75. The molecule has 0 bridgehead atoms. The molecule has 1 aromatic heterocycles. The Bertz CT molecular complexity index is 531. The van der Waals surface area contributed by atoms with E-state index in [4.69, 9.17) is 4.74 Å². The second-order valence-electron chi connectivity index (χ2n) is 5.79. The van der Waals surface area contributed by atoms with Crippen LogP contribution < -0.4 is 5.32 Å². The molecule has 20 heavy (non-hydrogen) atoms. The fourth-order valence-corrected chi connectivity index (χ4v) is 2.85. The first-order chi connectivity index (χ1) is 9.49. The number of rotatable bonds is 5. The van der Waals surface area contributed by atoms with Crippen LogP contribution in [0.3, 0.4) is 0 Å². The third kappa shape index (κ3) is 4.13. The number of ether oxygens (including phenoxy) is 1. The monoisotopic (exact) mass is 290 g/mol. The van der Waals surface area contributed by atoms with Crippen molar-refractivity contribution in [3.8, 4) is 0 Å². The average Bonchev–Trinajstić information content (AvgIpc) is 2.87. The van der Waals surface area contributed by atoms with Gasteiger partial charge in [-0.15, -0.1) is 11.3 Å². The topological polar surface area (TPSA) is 34.1 Å². The van der Waals surface area contributed by atoms with Gasteiger partial charge in [0.15, 0.2) is 0 Å². The zero-order valence-corrected chi connectivity index (χ0v) is 13.3. The minimum atomic E-state index is -0.0791. The molecular formula is C16H22N2OS. The van der Waals surface area contributed by atoms with E-state index in [1.807, 2.05) is 24.4 Å². The van der Waals surface area contributed by atoms with Crippen LogP contribution in [0, 0.1) is 0 Å². The van der Waals surface area contributed by atoms with Crippen molar-refractivity contribution in [2.45, 2.75) is 39.0 Å². The van der Waals surface area contributed by atoms with Crippen molar-refractivity contribution < 1.29 is 4.74 Å². The molecule has 0 radical (unpaired) electrons. The quantitative estimate of drug-likeness (QED) is 0.910. The van der Waals surface area contributed by atoms with Crippen LogP contribution in [0.5, 0.6) is 0 Å². The Kier molecular flexibility index (Phi) is 4.91. The molecule has 0 saturated heterocycles. The number of hydrogen-bond acceptors (Lipinski definition) is 4. The van der Waals surface area contributed by atoms with Crippen LogP contribution in [0.2, 0.25) is 0 Å². The number of hydrogen-bond donors (Lipinski definition) is 1. The molecule has 4 heteroatoms. The molecule has 0 fully saturated rings. The van der Waals surface area contributed by atoms with Crippen molar-refractivity contribution in [3.05, 3.63) is 52.0 Å². The van der Waals surface area contributed by atoms with Gasteiger partial charge in [0.05, 0.1) is 0 Å². The smallest absolute Gasteiger partial charge is 0.134 e. The molecule has 108 valence electrons. The predicted octanol–water partition coefficient (Wildman–Crippen LogP) is 3.77. The van der Waals surface area contributed by atoms with E-state index in [1.165, 1.54) is 4.88 Å². The highest BCUT2D eigenvalue weighted by molar-refractivity contribution is 7.11. The molecule has 0 spiro atoms. The number of nitrogens with zero attached hydrogens (tertiary/aromatic N) is 1. The molecule has 2 aromatic rings. The highest BCUT2D eigenvalue weighted by Gasteiger charge is 2.17. The number of methoxy groups -OCH3 is 1. The summed E-state index contributed by atoms with van der Waals surface area (Å²) in [5, 5.41) is 4.48. The van der Waals surface area contributed by atoms with E-state index in [1.54, 1.807) is 18.4 Å². The Morgan fingerprint density at radius 3 is 2.55 bits per heavy atom. The summed E-state index contributed by atoms with van der Waals surface area (Å²) >= 11 is 1.70. The predicted molar refractivity (Wildman–Crippen MR) is 84.0 cm³/mol. The highest BCUT2D eigenvalue weighted by Crippen LogP contribution is 2.28. The standard InChI is InChI=1S/C16H22N2OS/c1-16(2,3)18-11-13-10-17-15(20-13)14(19-4)12-8-6-5-7-9-12/h5-10,14,18H,11H2,1-4H3. The Labute approximate surface area is 125 Å². The van der Waals surface area contributed by atoms with E-state index < -0.39 is 0 Å². The molecule has 1 unspecified atom stereocenters. The van der Waals surface area contributed by atoms with E-state index in [0.29, 0.717) is 0 Å². The Morgan fingerprint density at radius 1 is 1.25 bits per heavy atom. The van der Waals surface area contributed by atoms with Crippen molar-refractivity contribution in [1.82, 2.24) is 10.3 Å². The summed E-state index contributed by atoms with van der Waals surface area (Å²) in [5.41, 5.74) is 1.25. The van der Waals surface area contributed by atoms with E-state index in [-0.39, 0.29) is 11.6 Å². The maximum Gasteiger partial charge on any atom is 0.134 e. The number of thiazole rings is 1. The summed E-state index contributed by atoms with van der Waals surface area (Å²) in [7, 11) is 1.73. The SMILES string of the molecule is COC(c1ccccc1)c1ncc(CNC(C)(C)C)s1. The normalized spacial score (nSPS) is 13.4. The Morgan fingerprint density at radius 2 is 1.95 bits per heavy atom. The van der Waals surface area contributed by atoms with Crippen molar-refractivity contribution in [2.24, 2.45) is 0 Å². The van der Waals surface area contributed by atoms with Crippen LogP contribution in [-0.4, -0.2) is 17.6 Å². The molecular weight excluding hydrogens is 268 g/mol. The summed E-state index contributed by atoms with van der Waals surface area (Å²) in [6.45, 7) is 7.33. The maximum atomic E-state index is 5.61. The number of aromatic nitrogens is 1. The zero-order chi connectivity index (χ0) is 14.6. The lowest BCUT2D eigenvalue weighted by Gasteiger charge is -2.19. The number of benzene rings is 1. The minimum Gasteiger partial charge on any atom is -0.370 e. The van der Waals surface area contributed by atoms with Gasteiger partial charge < -0.3 is 10.1 Å². The molecule has 0 aliphatic carbocycles. The molecule has 1 N–H and O–H groups in total. The van der Waals surface area contributed by atoms with Crippen molar-refractivity contribution in [3.63, 3.8) is 0 Å². The van der Waals surface area contributed by atoms with E-state index in [9.17, 15) is 0 Å². The minimum absolute atomic E-state index is 0.0791. The molecule has 0 amide bonds. The molecule has 1 heterocycles. The largest absolute Gasteiger partial charge is 0.370 e. The second-order valence-corrected chi connectivity index (χ2v) is 6.94. The Balaban J connectivity index is 2.11. The summed E-state index contributed by atoms with van der Waals surface area (Å²) < 4.78 is 5.61. The number of nitrogens with one attached hydrogen (secondary N) is 1. The van der Waals surface area contributed by atoms with Gasteiger partial charge in [-0.3, -0.25) is 0 Å². The summed E-state index contributed by atoms with van der Waals surface area (Å²) in [6.07, 6.45) is 1.86. The Hall–Kier alpha value is -1.23. The van der Waals surface area contributed by atoms with Crippen LogP contribution in [0.1, 0.15) is 42.3 Å². The van der Waals surface area contributed by atoms with Gasteiger partial charge in [0.25, 0.3) is 0 Å². The van der Waals surface area contributed by atoms with Gasteiger partial charge in [0, 0.05) is 30.3 Å². The molecule has 3 nitrogen and oxygen atoms in total. The first kappa shape index (κ1) is 15.2. The highest BCUT2D eigenvalue weighted by atomic mass is 32.1. The lowest BCUT2D eigenvalue weighted by molar-refractivity contribution is 0.136. The molecule has 2 rings (SSSR count).